The lowest BCUT2D eigenvalue weighted by molar-refractivity contribution is 0.194. The molecule has 0 saturated carbocycles. The minimum Gasteiger partial charge on any atom is -0.437 e. The van der Waals surface area contributed by atoms with Crippen LogP contribution in [-0.2, 0) is 0 Å². The van der Waals surface area contributed by atoms with E-state index in [0.29, 0.717) is 17.2 Å². The van der Waals surface area contributed by atoms with Gasteiger partial charge in [-0.15, -0.1) is 0 Å². The van der Waals surface area contributed by atoms with E-state index in [9.17, 15) is 5.11 Å². The zero-order valence-electron chi connectivity index (χ0n) is 11.0. The number of hydrogen-bond donors (Lipinski definition) is 1. The Hall–Kier alpha value is -2.46. The highest BCUT2D eigenvalue weighted by Gasteiger charge is 2.11. The molecule has 0 bridgehead atoms. The van der Waals surface area contributed by atoms with Crippen molar-refractivity contribution in [3.05, 3.63) is 60.4 Å². The Bertz CT molecular complexity index is 741. The van der Waals surface area contributed by atoms with Crippen LogP contribution in [0.1, 0.15) is 18.6 Å². The highest BCUT2D eigenvalue weighted by Crippen LogP contribution is 2.28. The van der Waals surface area contributed by atoms with Gasteiger partial charge >= 0.3 is 0 Å². The van der Waals surface area contributed by atoms with Crippen LogP contribution in [0, 0.1) is 0 Å². The molecule has 0 aliphatic carbocycles. The first kappa shape index (κ1) is 12.6. The van der Waals surface area contributed by atoms with Crippen molar-refractivity contribution in [3.8, 4) is 11.6 Å². The molecule has 0 saturated heterocycles. The van der Waals surface area contributed by atoms with Gasteiger partial charge in [-0.25, -0.2) is 4.98 Å². The van der Waals surface area contributed by atoms with Crippen molar-refractivity contribution >= 4 is 10.9 Å². The molecule has 0 aliphatic rings. The van der Waals surface area contributed by atoms with Gasteiger partial charge in [0.2, 0.25) is 5.88 Å². The van der Waals surface area contributed by atoms with Crippen molar-refractivity contribution in [1.29, 1.82) is 0 Å². The third-order valence-electron chi connectivity index (χ3n) is 3.03. The predicted octanol–water partition coefficient (Wildman–Crippen LogP) is 3.48. The van der Waals surface area contributed by atoms with Crippen LogP contribution in [0.3, 0.4) is 0 Å². The number of aliphatic hydroxyl groups excluding tert-OH is 1. The van der Waals surface area contributed by atoms with E-state index < -0.39 is 6.10 Å². The molecule has 4 nitrogen and oxygen atoms in total. The molecule has 0 radical (unpaired) electrons. The third kappa shape index (κ3) is 2.46. The van der Waals surface area contributed by atoms with Gasteiger partial charge in [0.15, 0.2) is 0 Å². The quantitative estimate of drug-likeness (QED) is 0.788. The van der Waals surface area contributed by atoms with Gasteiger partial charge in [0.05, 0.1) is 17.8 Å². The number of nitrogens with zero attached hydrogens (tertiary/aromatic N) is 2. The van der Waals surface area contributed by atoms with Gasteiger partial charge < -0.3 is 9.84 Å². The van der Waals surface area contributed by atoms with Crippen molar-refractivity contribution in [1.82, 2.24) is 9.97 Å². The van der Waals surface area contributed by atoms with Gasteiger partial charge in [-0.2, -0.15) is 0 Å². The Kier molecular flexibility index (Phi) is 3.31. The largest absolute Gasteiger partial charge is 0.437 e. The summed E-state index contributed by atoms with van der Waals surface area (Å²) in [5, 5.41) is 10.7. The van der Waals surface area contributed by atoms with Crippen LogP contribution in [0.15, 0.2) is 54.9 Å². The first-order valence-corrected chi connectivity index (χ1v) is 6.39. The molecular formula is C16H14N2O2. The first-order chi connectivity index (χ1) is 9.74. The van der Waals surface area contributed by atoms with Gasteiger partial charge in [-0.05, 0) is 31.2 Å². The van der Waals surface area contributed by atoms with Crippen LogP contribution < -0.4 is 4.74 Å². The average Bonchev–Trinajstić information content (AvgIpc) is 2.47. The molecular weight excluding hydrogens is 252 g/mol. The number of para-hydroxylation sites is 1. The molecule has 0 amide bonds. The van der Waals surface area contributed by atoms with Gasteiger partial charge in [0, 0.05) is 17.1 Å². The Balaban J connectivity index is 1.97. The van der Waals surface area contributed by atoms with Gasteiger partial charge in [-0.3, -0.25) is 4.98 Å². The molecule has 2 aromatic heterocycles. The molecule has 20 heavy (non-hydrogen) atoms. The fourth-order valence-electron chi connectivity index (χ4n) is 2.02. The van der Waals surface area contributed by atoms with E-state index in [1.807, 2.05) is 30.3 Å². The Morgan fingerprint density at radius 2 is 1.95 bits per heavy atom. The van der Waals surface area contributed by atoms with Crippen LogP contribution in [0.2, 0.25) is 0 Å². The summed E-state index contributed by atoms with van der Waals surface area (Å²) in [6.45, 7) is 1.68. The van der Waals surface area contributed by atoms with Crippen molar-refractivity contribution in [3.63, 3.8) is 0 Å². The van der Waals surface area contributed by atoms with Gasteiger partial charge in [0.1, 0.15) is 5.75 Å². The van der Waals surface area contributed by atoms with Crippen LogP contribution in [0.25, 0.3) is 10.9 Å². The average molecular weight is 266 g/mol. The number of ether oxygens (including phenoxy) is 1. The fraction of sp³-hybridized carbons (Fsp3) is 0.125. The maximum Gasteiger partial charge on any atom is 0.225 e. The summed E-state index contributed by atoms with van der Waals surface area (Å²) in [5.74, 6) is 1.00. The Morgan fingerprint density at radius 3 is 2.80 bits per heavy atom. The molecule has 0 aliphatic heterocycles. The van der Waals surface area contributed by atoms with Gasteiger partial charge in [-0.1, -0.05) is 18.2 Å². The summed E-state index contributed by atoms with van der Waals surface area (Å²) in [6, 6.07) is 13.3. The van der Waals surface area contributed by atoms with Crippen LogP contribution in [0.4, 0.5) is 0 Å². The molecule has 3 rings (SSSR count). The van der Waals surface area contributed by atoms with E-state index in [1.54, 1.807) is 31.5 Å². The monoisotopic (exact) mass is 266 g/mol. The van der Waals surface area contributed by atoms with E-state index in [2.05, 4.69) is 9.97 Å². The molecule has 0 spiro atoms. The summed E-state index contributed by atoms with van der Waals surface area (Å²) < 4.78 is 5.75. The summed E-state index contributed by atoms with van der Waals surface area (Å²) in [6.07, 6.45) is 2.66. The zero-order chi connectivity index (χ0) is 13.9. The van der Waals surface area contributed by atoms with E-state index >= 15 is 0 Å². The lowest BCUT2D eigenvalue weighted by Crippen LogP contribution is -1.98. The minimum atomic E-state index is -0.632. The van der Waals surface area contributed by atoms with Crippen molar-refractivity contribution in [2.24, 2.45) is 0 Å². The number of rotatable bonds is 3. The highest BCUT2D eigenvalue weighted by molar-refractivity contribution is 5.79. The molecule has 3 aromatic rings. The maximum absolute atomic E-state index is 9.72. The zero-order valence-corrected chi connectivity index (χ0v) is 11.0. The lowest BCUT2D eigenvalue weighted by atomic mass is 10.2. The maximum atomic E-state index is 9.72. The molecule has 4 heteroatoms. The smallest absolute Gasteiger partial charge is 0.225 e. The lowest BCUT2D eigenvalue weighted by Gasteiger charge is -2.11. The second kappa shape index (κ2) is 5.27. The van der Waals surface area contributed by atoms with Crippen molar-refractivity contribution in [2.75, 3.05) is 0 Å². The van der Waals surface area contributed by atoms with E-state index in [1.165, 1.54) is 0 Å². The summed E-state index contributed by atoms with van der Waals surface area (Å²) >= 11 is 0. The summed E-state index contributed by atoms with van der Waals surface area (Å²) in [5.41, 5.74) is 1.57. The predicted molar refractivity (Wildman–Crippen MR) is 76.7 cm³/mol. The Morgan fingerprint density at radius 1 is 1.10 bits per heavy atom. The molecule has 1 atom stereocenters. The number of fused-ring (bicyclic) bond motifs is 1. The highest BCUT2D eigenvalue weighted by atomic mass is 16.5. The summed E-state index contributed by atoms with van der Waals surface area (Å²) in [4.78, 5) is 8.50. The van der Waals surface area contributed by atoms with Crippen molar-refractivity contribution < 1.29 is 9.84 Å². The second-order valence-corrected chi connectivity index (χ2v) is 4.54. The third-order valence-corrected chi connectivity index (χ3v) is 3.03. The van der Waals surface area contributed by atoms with Crippen LogP contribution in [0.5, 0.6) is 11.6 Å². The molecule has 100 valence electrons. The molecule has 0 fully saturated rings. The number of hydrogen-bond acceptors (Lipinski definition) is 4. The standard InChI is InChI=1S/C16H14N2O2/c1-11(19)14-6-4-8-17-16(14)20-13-9-12-5-2-3-7-15(12)18-10-13/h2-11,19H,1H3. The first-order valence-electron chi connectivity index (χ1n) is 6.39. The van der Waals surface area contributed by atoms with E-state index in [-0.39, 0.29) is 0 Å². The number of aromatic nitrogens is 2. The molecule has 1 N–H and O–H groups in total. The van der Waals surface area contributed by atoms with Crippen LogP contribution in [-0.4, -0.2) is 15.1 Å². The fourth-order valence-corrected chi connectivity index (χ4v) is 2.02. The van der Waals surface area contributed by atoms with E-state index in [4.69, 9.17) is 4.74 Å². The second-order valence-electron chi connectivity index (χ2n) is 4.54. The Labute approximate surface area is 116 Å². The topological polar surface area (TPSA) is 55.2 Å². The van der Waals surface area contributed by atoms with Crippen LogP contribution >= 0.6 is 0 Å². The molecule has 1 aromatic carbocycles. The normalized spacial score (nSPS) is 12.3. The minimum absolute atomic E-state index is 0.402. The number of benzene rings is 1. The number of pyridine rings is 2. The van der Waals surface area contributed by atoms with E-state index in [0.717, 1.165) is 10.9 Å². The van der Waals surface area contributed by atoms with Gasteiger partial charge in [0.25, 0.3) is 0 Å². The molecule has 2 heterocycles. The van der Waals surface area contributed by atoms with Crippen molar-refractivity contribution in [2.45, 2.75) is 13.0 Å². The molecule has 1 unspecified atom stereocenters. The summed E-state index contributed by atoms with van der Waals surface area (Å²) in [7, 11) is 0. The SMILES string of the molecule is CC(O)c1cccnc1Oc1cnc2ccccc2c1. The number of aliphatic hydroxyl groups is 1.